The highest BCUT2D eigenvalue weighted by atomic mass is 16.5. The van der Waals surface area contributed by atoms with Gasteiger partial charge in [-0.15, -0.1) is 0 Å². The van der Waals surface area contributed by atoms with E-state index in [9.17, 15) is 4.79 Å². The molecule has 2 aromatic carbocycles. The maximum Gasteiger partial charge on any atom is 0.254 e. The topological polar surface area (TPSA) is 86.5 Å². The van der Waals surface area contributed by atoms with Gasteiger partial charge < -0.3 is 10.1 Å². The molecule has 0 bridgehead atoms. The number of carbonyl (C=O) groups is 1. The molecule has 1 fully saturated rings. The largest absolute Gasteiger partial charge is 0.489 e. The summed E-state index contributed by atoms with van der Waals surface area (Å²) < 4.78 is 5.75. The van der Waals surface area contributed by atoms with Crippen molar-refractivity contribution in [2.45, 2.75) is 44.8 Å². The van der Waals surface area contributed by atoms with Crippen LogP contribution in [0.4, 0.5) is 0 Å². The van der Waals surface area contributed by atoms with Crippen molar-refractivity contribution in [2.75, 3.05) is 6.54 Å². The number of rotatable bonds is 8. The molecule has 0 aromatic heterocycles. The Kier molecular flexibility index (Phi) is 7.79. The van der Waals surface area contributed by atoms with E-state index >= 15 is 0 Å². The van der Waals surface area contributed by atoms with Crippen LogP contribution in [-0.2, 0) is 11.4 Å². The Morgan fingerprint density at radius 2 is 1.90 bits per heavy atom. The summed E-state index contributed by atoms with van der Waals surface area (Å²) in [6, 6.07) is 17.4. The average molecular weight is 390 g/mol. The van der Waals surface area contributed by atoms with Crippen LogP contribution in [0.2, 0.25) is 0 Å². The second-order valence-corrected chi connectivity index (χ2v) is 7.14. The Hall–Kier alpha value is -3.17. The summed E-state index contributed by atoms with van der Waals surface area (Å²) in [6.07, 6.45) is 7.67. The zero-order valence-electron chi connectivity index (χ0n) is 16.4. The van der Waals surface area contributed by atoms with Gasteiger partial charge in [-0.25, -0.2) is 5.43 Å². The Balaban J connectivity index is 1.41. The molecule has 0 aliphatic heterocycles. The van der Waals surface area contributed by atoms with E-state index in [-0.39, 0.29) is 5.91 Å². The molecule has 1 aliphatic carbocycles. The highest BCUT2D eigenvalue weighted by molar-refractivity contribution is 5.83. The van der Waals surface area contributed by atoms with Gasteiger partial charge in [0.05, 0.1) is 24.4 Å². The monoisotopic (exact) mass is 390 g/mol. The van der Waals surface area contributed by atoms with Crippen LogP contribution in [0.25, 0.3) is 0 Å². The highest BCUT2D eigenvalue weighted by Crippen LogP contribution is 2.17. The van der Waals surface area contributed by atoms with Crippen molar-refractivity contribution in [2.24, 2.45) is 5.10 Å². The molecule has 0 spiro atoms. The summed E-state index contributed by atoms with van der Waals surface area (Å²) in [5.41, 5.74) is 4.88. The van der Waals surface area contributed by atoms with Crippen molar-refractivity contribution in [3.63, 3.8) is 0 Å². The van der Waals surface area contributed by atoms with Gasteiger partial charge in [-0.2, -0.15) is 10.4 Å². The first-order valence-electron chi connectivity index (χ1n) is 10.0. The van der Waals surface area contributed by atoms with Gasteiger partial charge in [0.25, 0.3) is 5.91 Å². The van der Waals surface area contributed by atoms with Crippen LogP contribution in [0.5, 0.6) is 5.75 Å². The molecule has 2 aromatic rings. The molecule has 1 amide bonds. The van der Waals surface area contributed by atoms with Crippen molar-refractivity contribution >= 4 is 12.1 Å². The molecule has 0 radical (unpaired) electrons. The van der Waals surface area contributed by atoms with Crippen molar-refractivity contribution < 1.29 is 9.53 Å². The normalized spacial score (nSPS) is 14.4. The zero-order valence-corrected chi connectivity index (χ0v) is 16.4. The highest BCUT2D eigenvalue weighted by Gasteiger charge is 2.13. The van der Waals surface area contributed by atoms with Crippen molar-refractivity contribution in [1.29, 1.82) is 5.26 Å². The molecule has 1 saturated carbocycles. The predicted octanol–water partition coefficient (Wildman–Crippen LogP) is 3.51. The Bertz CT molecular complexity index is 865. The van der Waals surface area contributed by atoms with Crippen molar-refractivity contribution in [1.82, 2.24) is 10.7 Å². The molecular formula is C23H26N4O2. The summed E-state index contributed by atoms with van der Waals surface area (Å²) in [5, 5.41) is 16.4. The minimum Gasteiger partial charge on any atom is -0.489 e. The number of hydrogen-bond donors (Lipinski definition) is 2. The maximum absolute atomic E-state index is 11.9. The molecule has 0 heterocycles. The first-order valence-corrected chi connectivity index (χ1v) is 10.0. The van der Waals surface area contributed by atoms with Crippen LogP contribution in [0, 0.1) is 11.3 Å². The van der Waals surface area contributed by atoms with Crippen LogP contribution in [-0.4, -0.2) is 24.7 Å². The van der Waals surface area contributed by atoms with Crippen molar-refractivity contribution in [3.8, 4) is 11.8 Å². The summed E-state index contributed by atoms with van der Waals surface area (Å²) in [6.45, 7) is 0.625. The van der Waals surface area contributed by atoms with Crippen LogP contribution in [0.1, 0.15) is 48.8 Å². The summed E-state index contributed by atoms with van der Waals surface area (Å²) in [7, 11) is 0. The number of nitrogens with zero attached hydrogens (tertiary/aromatic N) is 2. The van der Waals surface area contributed by atoms with E-state index < -0.39 is 0 Å². The number of hydrogen-bond acceptors (Lipinski definition) is 5. The fourth-order valence-corrected chi connectivity index (χ4v) is 3.33. The lowest BCUT2D eigenvalue weighted by molar-refractivity contribution is -0.120. The van der Waals surface area contributed by atoms with Crippen molar-refractivity contribution in [3.05, 3.63) is 65.2 Å². The Morgan fingerprint density at radius 3 is 2.66 bits per heavy atom. The van der Waals surface area contributed by atoms with Crippen LogP contribution in [0.3, 0.4) is 0 Å². The summed E-state index contributed by atoms with van der Waals surface area (Å²) >= 11 is 0. The fourth-order valence-electron chi connectivity index (χ4n) is 3.33. The molecule has 6 nitrogen and oxygen atoms in total. The number of nitriles is 1. The van der Waals surface area contributed by atoms with Gasteiger partial charge in [0.15, 0.2) is 0 Å². The minimum absolute atomic E-state index is 0.136. The predicted molar refractivity (Wildman–Crippen MR) is 113 cm³/mol. The third-order valence-electron chi connectivity index (χ3n) is 4.97. The molecule has 0 saturated heterocycles. The molecule has 1 aliphatic rings. The van der Waals surface area contributed by atoms with Crippen LogP contribution in [0.15, 0.2) is 53.6 Å². The first-order chi connectivity index (χ1) is 14.2. The second kappa shape index (κ2) is 11.0. The van der Waals surface area contributed by atoms with Crippen LogP contribution >= 0.6 is 0 Å². The van der Waals surface area contributed by atoms with E-state index in [4.69, 9.17) is 10.00 Å². The van der Waals surface area contributed by atoms with Crippen LogP contribution < -0.4 is 15.5 Å². The molecule has 6 heteroatoms. The van der Waals surface area contributed by atoms with E-state index in [1.807, 2.05) is 42.5 Å². The average Bonchev–Trinajstić information content (AvgIpc) is 2.78. The quantitative estimate of drug-likeness (QED) is 0.533. The SMILES string of the molecule is N#Cc1ccccc1COc1ccc(/C=N\NC(=O)CNC2CCCCC2)cc1. The Morgan fingerprint density at radius 1 is 1.14 bits per heavy atom. The molecule has 2 N–H and O–H groups in total. The van der Waals surface area contributed by atoms with Gasteiger partial charge in [-0.1, -0.05) is 37.5 Å². The maximum atomic E-state index is 11.9. The molecule has 150 valence electrons. The summed E-state index contributed by atoms with van der Waals surface area (Å²) in [4.78, 5) is 11.9. The number of hydrazone groups is 1. The Labute approximate surface area is 171 Å². The molecule has 29 heavy (non-hydrogen) atoms. The molecule has 3 rings (SSSR count). The van der Waals surface area contributed by atoms with Gasteiger partial charge in [0.1, 0.15) is 12.4 Å². The lowest BCUT2D eigenvalue weighted by Gasteiger charge is -2.22. The number of ether oxygens (including phenoxy) is 1. The third kappa shape index (κ3) is 6.74. The minimum atomic E-state index is -0.136. The number of benzene rings is 2. The lowest BCUT2D eigenvalue weighted by Crippen LogP contribution is -2.38. The number of carbonyl (C=O) groups excluding carboxylic acids is 1. The van der Waals surface area contributed by atoms with Gasteiger partial charge >= 0.3 is 0 Å². The lowest BCUT2D eigenvalue weighted by atomic mass is 9.95. The second-order valence-electron chi connectivity index (χ2n) is 7.14. The standard InChI is InChI=1S/C23H26N4O2/c24-14-19-6-4-5-7-20(19)17-29-22-12-10-18(11-13-22)15-26-27-23(28)16-25-21-8-2-1-3-9-21/h4-7,10-13,15,21,25H,1-3,8-9,16-17H2,(H,27,28)/b26-15-. The molecular weight excluding hydrogens is 364 g/mol. The fraction of sp³-hybridized carbons (Fsp3) is 0.348. The zero-order chi connectivity index (χ0) is 20.3. The first kappa shape index (κ1) is 20.6. The molecule has 0 unspecified atom stereocenters. The van der Waals surface area contributed by atoms with E-state index in [2.05, 4.69) is 21.9 Å². The number of amides is 1. The van der Waals surface area contributed by atoms with Gasteiger partial charge in [-0.05, 0) is 48.7 Å². The van der Waals surface area contributed by atoms with E-state index in [1.165, 1.54) is 19.3 Å². The number of nitrogens with one attached hydrogen (secondary N) is 2. The smallest absolute Gasteiger partial charge is 0.254 e. The third-order valence-corrected chi connectivity index (χ3v) is 4.97. The summed E-state index contributed by atoms with van der Waals surface area (Å²) in [5.74, 6) is 0.568. The van der Waals surface area contributed by atoms with Gasteiger partial charge in [-0.3, -0.25) is 4.79 Å². The van der Waals surface area contributed by atoms with E-state index in [0.717, 1.165) is 24.0 Å². The van der Waals surface area contributed by atoms with Gasteiger partial charge in [0, 0.05) is 11.6 Å². The van der Waals surface area contributed by atoms with E-state index in [0.29, 0.717) is 30.5 Å². The van der Waals surface area contributed by atoms with Gasteiger partial charge in [0.2, 0.25) is 0 Å². The molecule has 0 atom stereocenters. The van der Waals surface area contributed by atoms with E-state index in [1.54, 1.807) is 12.3 Å².